The lowest BCUT2D eigenvalue weighted by Gasteiger charge is -2.13. The molecule has 1 aliphatic rings. The Hall–Kier alpha value is -1.71. The van der Waals surface area contributed by atoms with Crippen LogP contribution in [0.2, 0.25) is 0 Å². The largest absolute Gasteiger partial charge is 0.496 e. The smallest absolute Gasteiger partial charge is 0.407 e. The minimum Gasteiger partial charge on any atom is -0.496 e. The summed E-state index contributed by atoms with van der Waals surface area (Å²) >= 11 is 0. The number of carbonyl (C=O) groups excluding carboxylic acids is 1. The summed E-state index contributed by atoms with van der Waals surface area (Å²) < 4.78 is 10.1. The second kappa shape index (κ2) is 3.81. The van der Waals surface area contributed by atoms with E-state index in [1.165, 1.54) is 0 Å². The first-order valence-electron chi connectivity index (χ1n) is 4.78. The lowest BCUT2D eigenvalue weighted by Crippen LogP contribution is -2.18. The highest BCUT2D eigenvalue weighted by Crippen LogP contribution is 2.28. The van der Waals surface area contributed by atoms with E-state index in [0.29, 0.717) is 6.61 Å². The summed E-state index contributed by atoms with van der Waals surface area (Å²) in [5, 5.41) is 2.72. The average molecular weight is 207 g/mol. The molecule has 2 rings (SSSR count). The second-order valence-electron chi connectivity index (χ2n) is 3.54. The van der Waals surface area contributed by atoms with Gasteiger partial charge in [0.1, 0.15) is 12.4 Å². The number of hydrogen-bond acceptors (Lipinski definition) is 3. The lowest BCUT2D eigenvalue weighted by molar-refractivity contribution is 0.177. The fourth-order valence-electron chi connectivity index (χ4n) is 1.66. The lowest BCUT2D eigenvalue weighted by atomic mass is 10.0. The third kappa shape index (κ3) is 1.88. The Kier molecular flexibility index (Phi) is 2.49. The van der Waals surface area contributed by atoms with Crippen LogP contribution >= 0.6 is 0 Å². The van der Waals surface area contributed by atoms with E-state index in [-0.39, 0.29) is 12.1 Å². The van der Waals surface area contributed by atoms with Gasteiger partial charge in [-0.25, -0.2) is 4.79 Å². The first-order chi connectivity index (χ1) is 7.20. The molecule has 80 valence electrons. The van der Waals surface area contributed by atoms with E-state index in [9.17, 15) is 4.79 Å². The molecule has 15 heavy (non-hydrogen) atoms. The number of hydrogen-bond donors (Lipinski definition) is 1. The van der Waals surface area contributed by atoms with Gasteiger partial charge >= 0.3 is 6.09 Å². The maximum Gasteiger partial charge on any atom is 0.407 e. The van der Waals surface area contributed by atoms with Crippen molar-refractivity contribution in [2.24, 2.45) is 0 Å². The third-order valence-electron chi connectivity index (χ3n) is 2.44. The van der Waals surface area contributed by atoms with Gasteiger partial charge in [-0.1, -0.05) is 12.1 Å². The molecule has 0 saturated carbocycles. The molecule has 1 fully saturated rings. The van der Waals surface area contributed by atoms with Gasteiger partial charge in [-0.2, -0.15) is 0 Å². The topological polar surface area (TPSA) is 47.6 Å². The van der Waals surface area contributed by atoms with Crippen LogP contribution in [0.1, 0.15) is 17.2 Å². The number of benzene rings is 1. The average Bonchev–Trinajstić information content (AvgIpc) is 2.64. The third-order valence-corrected chi connectivity index (χ3v) is 2.44. The number of rotatable bonds is 2. The first kappa shape index (κ1) is 9.83. The van der Waals surface area contributed by atoms with Gasteiger partial charge in [0.15, 0.2) is 0 Å². The molecule has 0 aliphatic carbocycles. The number of nitrogens with one attached hydrogen (secondary N) is 1. The molecule has 0 radical (unpaired) electrons. The Morgan fingerprint density at radius 3 is 2.93 bits per heavy atom. The Morgan fingerprint density at radius 2 is 2.33 bits per heavy atom. The van der Waals surface area contributed by atoms with Crippen LogP contribution in [0.25, 0.3) is 0 Å². The molecular weight excluding hydrogens is 194 g/mol. The van der Waals surface area contributed by atoms with Gasteiger partial charge in [0, 0.05) is 5.56 Å². The van der Waals surface area contributed by atoms with E-state index in [1.807, 2.05) is 25.1 Å². The zero-order valence-electron chi connectivity index (χ0n) is 8.74. The highest BCUT2D eigenvalue weighted by atomic mass is 16.6. The van der Waals surface area contributed by atoms with Crippen LogP contribution in [0, 0.1) is 6.92 Å². The van der Waals surface area contributed by atoms with E-state index < -0.39 is 0 Å². The van der Waals surface area contributed by atoms with E-state index in [2.05, 4.69) is 5.32 Å². The number of aryl methyl sites for hydroxylation is 1. The number of amides is 1. The monoisotopic (exact) mass is 207 g/mol. The molecule has 1 aromatic rings. The number of ether oxygens (including phenoxy) is 2. The Labute approximate surface area is 88.2 Å². The van der Waals surface area contributed by atoms with Crippen molar-refractivity contribution < 1.29 is 14.3 Å². The molecular formula is C11H13NO3. The number of carbonyl (C=O) groups is 1. The standard InChI is InChI=1S/C11H13NO3/c1-7-3-4-8(10(5-7)14-2)9-6-15-11(13)12-9/h3-5,9H,6H2,1-2H3,(H,12,13). The molecule has 4 heteroatoms. The molecule has 0 aromatic heterocycles. The number of methoxy groups -OCH3 is 1. The van der Waals surface area contributed by atoms with Crippen molar-refractivity contribution in [2.45, 2.75) is 13.0 Å². The van der Waals surface area contributed by atoms with Gasteiger partial charge in [0.05, 0.1) is 13.2 Å². The van der Waals surface area contributed by atoms with Crippen LogP contribution in [0.3, 0.4) is 0 Å². The molecule has 0 bridgehead atoms. The molecule has 0 spiro atoms. The summed E-state index contributed by atoms with van der Waals surface area (Å²) in [7, 11) is 1.62. The van der Waals surface area contributed by atoms with E-state index >= 15 is 0 Å². The first-order valence-corrected chi connectivity index (χ1v) is 4.78. The Balaban J connectivity index is 2.31. The maximum absolute atomic E-state index is 10.9. The molecule has 1 N–H and O–H groups in total. The normalized spacial score (nSPS) is 19.6. The molecule has 1 heterocycles. The summed E-state index contributed by atoms with van der Waals surface area (Å²) in [4.78, 5) is 10.9. The van der Waals surface area contributed by atoms with Crippen molar-refractivity contribution in [1.82, 2.24) is 5.32 Å². The van der Waals surface area contributed by atoms with Gasteiger partial charge < -0.3 is 14.8 Å². The predicted octanol–water partition coefficient (Wildman–Crippen LogP) is 1.78. The predicted molar refractivity (Wildman–Crippen MR) is 55.0 cm³/mol. The highest BCUT2D eigenvalue weighted by Gasteiger charge is 2.26. The van der Waals surface area contributed by atoms with Crippen molar-refractivity contribution in [2.75, 3.05) is 13.7 Å². The highest BCUT2D eigenvalue weighted by molar-refractivity contribution is 5.70. The van der Waals surface area contributed by atoms with Crippen molar-refractivity contribution in [3.05, 3.63) is 29.3 Å². The van der Waals surface area contributed by atoms with Crippen molar-refractivity contribution in [3.63, 3.8) is 0 Å². The molecule has 1 saturated heterocycles. The second-order valence-corrected chi connectivity index (χ2v) is 3.54. The van der Waals surface area contributed by atoms with Crippen LogP contribution in [0.4, 0.5) is 4.79 Å². The van der Waals surface area contributed by atoms with Crippen LogP contribution in [-0.4, -0.2) is 19.8 Å². The van der Waals surface area contributed by atoms with Gasteiger partial charge in [0.25, 0.3) is 0 Å². The summed E-state index contributed by atoms with van der Waals surface area (Å²) in [6.45, 7) is 2.36. The van der Waals surface area contributed by atoms with Crippen molar-refractivity contribution >= 4 is 6.09 Å². The zero-order chi connectivity index (χ0) is 10.8. The molecule has 1 atom stereocenters. The van der Waals surface area contributed by atoms with Crippen LogP contribution in [0.15, 0.2) is 18.2 Å². The van der Waals surface area contributed by atoms with Gasteiger partial charge in [-0.15, -0.1) is 0 Å². The summed E-state index contributed by atoms with van der Waals surface area (Å²) in [5.74, 6) is 0.783. The maximum atomic E-state index is 10.9. The molecule has 4 nitrogen and oxygen atoms in total. The number of alkyl carbamates (subject to hydrolysis) is 1. The quantitative estimate of drug-likeness (QED) is 0.804. The van der Waals surface area contributed by atoms with Gasteiger partial charge in [-0.05, 0) is 18.6 Å². The Morgan fingerprint density at radius 1 is 1.53 bits per heavy atom. The molecule has 1 amide bonds. The molecule has 1 unspecified atom stereocenters. The van der Waals surface area contributed by atoms with E-state index in [1.54, 1.807) is 7.11 Å². The SMILES string of the molecule is COc1cc(C)ccc1C1COC(=O)N1. The zero-order valence-corrected chi connectivity index (χ0v) is 8.74. The summed E-state index contributed by atoms with van der Waals surface area (Å²) in [6.07, 6.45) is -0.373. The minimum atomic E-state index is -0.373. The van der Waals surface area contributed by atoms with Gasteiger partial charge in [-0.3, -0.25) is 0 Å². The van der Waals surface area contributed by atoms with E-state index in [0.717, 1.165) is 16.9 Å². The fraction of sp³-hybridized carbons (Fsp3) is 0.364. The van der Waals surface area contributed by atoms with Crippen molar-refractivity contribution in [3.8, 4) is 5.75 Å². The summed E-state index contributed by atoms with van der Waals surface area (Å²) in [6, 6.07) is 5.78. The molecule has 1 aliphatic heterocycles. The molecule has 1 aromatic carbocycles. The number of cyclic esters (lactones) is 1. The van der Waals surface area contributed by atoms with Crippen molar-refractivity contribution in [1.29, 1.82) is 0 Å². The fourth-order valence-corrected chi connectivity index (χ4v) is 1.66. The minimum absolute atomic E-state index is 0.104. The van der Waals surface area contributed by atoms with Crippen LogP contribution < -0.4 is 10.1 Å². The van der Waals surface area contributed by atoms with Crippen LogP contribution in [0.5, 0.6) is 5.75 Å². The van der Waals surface area contributed by atoms with Gasteiger partial charge in [0.2, 0.25) is 0 Å². The summed E-state index contributed by atoms with van der Waals surface area (Å²) in [5.41, 5.74) is 2.08. The Bertz CT molecular complexity index is 389. The van der Waals surface area contributed by atoms with E-state index in [4.69, 9.17) is 9.47 Å². The van der Waals surface area contributed by atoms with Crippen LogP contribution in [-0.2, 0) is 4.74 Å².